The fourth-order valence-electron chi connectivity index (χ4n) is 5.83. The average molecular weight is 627 g/mol. The summed E-state index contributed by atoms with van der Waals surface area (Å²) >= 11 is 1.80. The fourth-order valence-corrected chi connectivity index (χ4v) is 7.36. The van der Waals surface area contributed by atoms with Crippen molar-refractivity contribution in [3.05, 3.63) is 138 Å². The Bertz CT molecular complexity index is 1400. The van der Waals surface area contributed by atoms with Gasteiger partial charge in [0.15, 0.2) is 0 Å². The molecule has 4 aromatic rings. The van der Waals surface area contributed by atoms with Gasteiger partial charge in [-0.1, -0.05) is 123 Å². The molecule has 0 N–H and O–H groups in total. The van der Waals surface area contributed by atoms with Crippen molar-refractivity contribution in [1.29, 1.82) is 0 Å². The van der Waals surface area contributed by atoms with Gasteiger partial charge in [0.05, 0.1) is 44.4 Å². The highest BCUT2D eigenvalue weighted by Gasteiger charge is 2.52. The standard InChI is InChI=1S/C39H46O5S/c1-29-20-22-33(23-21-29)45-37-36(43-26-32-18-12-7-13-19-32)35(42-25-31-16-10-6-11-17-31)34(44-38(37)39(2,3)28-40-4)27-41-24-30-14-8-5-9-15-30/h5-23,34-38H,24-28H2,1-4H3/t34-,35-,36+,37+,38+/m1/s1. The summed E-state index contributed by atoms with van der Waals surface area (Å²) in [6.45, 7) is 8.87. The van der Waals surface area contributed by atoms with Crippen molar-refractivity contribution in [1.82, 2.24) is 0 Å². The van der Waals surface area contributed by atoms with Crippen molar-refractivity contribution >= 4 is 11.8 Å². The van der Waals surface area contributed by atoms with E-state index < -0.39 is 0 Å². The lowest BCUT2D eigenvalue weighted by Crippen LogP contribution is -2.63. The van der Waals surface area contributed by atoms with E-state index in [1.807, 2.05) is 42.5 Å². The van der Waals surface area contributed by atoms with Crippen LogP contribution in [0, 0.1) is 12.3 Å². The van der Waals surface area contributed by atoms with E-state index in [2.05, 4.69) is 93.6 Å². The second-order valence-electron chi connectivity index (χ2n) is 12.4. The minimum Gasteiger partial charge on any atom is -0.384 e. The molecule has 0 bridgehead atoms. The summed E-state index contributed by atoms with van der Waals surface area (Å²) in [5.74, 6) is 0. The summed E-state index contributed by atoms with van der Waals surface area (Å²) in [6, 6.07) is 39.6. The van der Waals surface area contributed by atoms with Crippen molar-refractivity contribution in [2.45, 2.75) is 75.2 Å². The van der Waals surface area contributed by atoms with Crippen LogP contribution in [-0.2, 0) is 43.5 Å². The minimum absolute atomic E-state index is 0.0762. The molecule has 0 aromatic heterocycles. The van der Waals surface area contributed by atoms with Crippen molar-refractivity contribution in [3.63, 3.8) is 0 Å². The van der Waals surface area contributed by atoms with Gasteiger partial charge in [0.2, 0.25) is 0 Å². The molecule has 238 valence electrons. The van der Waals surface area contributed by atoms with E-state index in [4.69, 9.17) is 23.7 Å². The predicted molar refractivity (Wildman–Crippen MR) is 181 cm³/mol. The molecule has 1 aliphatic heterocycles. The summed E-state index contributed by atoms with van der Waals surface area (Å²) in [5.41, 5.74) is 4.26. The molecule has 0 saturated carbocycles. The average Bonchev–Trinajstić information content (AvgIpc) is 3.06. The van der Waals surface area contributed by atoms with Crippen LogP contribution in [0.1, 0.15) is 36.1 Å². The first-order chi connectivity index (χ1) is 21.9. The number of ether oxygens (including phenoxy) is 5. The maximum Gasteiger partial charge on any atom is 0.114 e. The third kappa shape index (κ3) is 9.52. The third-order valence-electron chi connectivity index (χ3n) is 8.18. The number of rotatable bonds is 15. The van der Waals surface area contributed by atoms with Crippen molar-refractivity contribution in [3.8, 4) is 0 Å². The molecule has 6 heteroatoms. The lowest BCUT2D eigenvalue weighted by Gasteiger charge is -2.51. The number of hydrogen-bond acceptors (Lipinski definition) is 6. The van der Waals surface area contributed by atoms with E-state index in [0.717, 1.165) is 16.7 Å². The first kappa shape index (κ1) is 33.4. The SMILES string of the molecule is COCC(C)(C)[C@H]1O[C@H](COCc2ccccc2)[C@@H](OCc2ccccc2)[C@H](OCc2ccccc2)[C@@H]1Sc1ccc(C)cc1. The molecule has 0 unspecified atom stereocenters. The Hall–Kier alpha value is -2.97. The Morgan fingerprint density at radius 1 is 0.667 bits per heavy atom. The molecule has 5 atom stereocenters. The molecule has 1 heterocycles. The molecule has 0 amide bonds. The molecule has 45 heavy (non-hydrogen) atoms. The highest BCUT2D eigenvalue weighted by molar-refractivity contribution is 8.00. The molecule has 0 aliphatic carbocycles. The number of methoxy groups -OCH3 is 1. The highest BCUT2D eigenvalue weighted by atomic mass is 32.2. The number of hydrogen-bond donors (Lipinski definition) is 0. The van der Waals surface area contributed by atoms with Gasteiger partial charge in [0.1, 0.15) is 18.3 Å². The van der Waals surface area contributed by atoms with Gasteiger partial charge >= 0.3 is 0 Å². The zero-order chi connectivity index (χ0) is 31.5. The fraction of sp³-hybridized carbons (Fsp3) is 0.385. The predicted octanol–water partition coefficient (Wildman–Crippen LogP) is 8.28. The third-order valence-corrected chi connectivity index (χ3v) is 9.51. The van der Waals surface area contributed by atoms with Gasteiger partial charge in [0, 0.05) is 17.4 Å². The first-order valence-electron chi connectivity index (χ1n) is 15.7. The molecule has 4 aromatic carbocycles. The van der Waals surface area contributed by atoms with Crippen LogP contribution in [0.5, 0.6) is 0 Å². The molecule has 0 radical (unpaired) electrons. The molecule has 1 aliphatic rings. The normalized spacial score (nSPS) is 21.9. The number of benzene rings is 4. The van der Waals surface area contributed by atoms with Crippen LogP contribution in [0.15, 0.2) is 120 Å². The Labute approximate surface area is 273 Å². The molecular weight excluding hydrogens is 580 g/mol. The molecule has 0 spiro atoms. The van der Waals surface area contributed by atoms with Gasteiger partial charge in [-0.2, -0.15) is 0 Å². The Kier molecular flexibility index (Phi) is 12.3. The molecular formula is C39H46O5S. The molecule has 5 rings (SSSR count). The molecule has 5 nitrogen and oxygen atoms in total. The van der Waals surface area contributed by atoms with Crippen molar-refractivity contribution in [2.75, 3.05) is 20.3 Å². The van der Waals surface area contributed by atoms with Crippen molar-refractivity contribution < 1.29 is 23.7 Å². The summed E-state index contributed by atoms with van der Waals surface area (Å²) < 4.78 is 33.0. The van der Waals surface area contributed by atoms with Crippen LogP contribution < -0.4 is 0 Å². The van der Waals surface area contributed by atoms with Gasteiger partial charge < -0.3 is 23.7 Å². The van der Waals surface area contributed by atoms with Gasteiger partial charge in [0.25, 0.3) is 0 Å². The van der Waals surface area contributed by atoms with Crippen LogP contribution in [0.25, 0.3) is 0 Å². The lowest BCUT2D eigenvalue weighted by atomic mass is 9.80. The highest BCUT2D eigenvalue weighted by Crippen LogP contribution is 2.44. The molecule has 1 fully saturated rings. The van der Waals surface area contributed by atoms with E-state index in [-0.39, 0.29) is 35.1 Å². The van der Waals surface area contributed by atoms with Crippen LogP contribution in [0.4, 0.5) is 0 Å². The lowest BCUT2D eigenvalue weighted by molar-refractivity contribution is -0.237. The second kappa shape index (κ2) is 16.5. The topological polar surface area (TPSA) is 46.2 Å². The Morgan fingerprint density at radius 2 is 1.18 bits per heavy atom. The Morgan fingerprint density at radius 3 is 1.71 bits per heavy atom. The smallest absolute Gasteiger partial charge is 0.114 e. The summed E-state index contributed by atoms with van der Waals surface area (Å²) in [5, 5.41) is -0.0762. The van der Waals surface area contributed by atoms with E-state index in [1.165, 1.54) is 10.5 Å². The Balaban J connectivity index is 1.50. The zero-order valence-electron chi connectivity index (χ0n) is 26.8. The van der Waals surface area contributed by atoms with Gasteiger partial charge in [-0.05, 0) is 35.7 Å². The van der Waals surface area contributed by atoms with E-state index >= 15 is 0 Å². The van der Waals surface area contributed by atoms with Crippen LogP contribution in [0.2, 0.25) is 0 Å². The quantitative estimate of drug-likeness (QED) is 0.132. The van der Waals surface area contributed by atoms with E-state index in [9.17, 15) is 0 Å². The minimum atomic E-state index is -0.373. The van der Waals surface area contributed by atoms with E-state index in [1.54, 1.807) is 18.9 Å². The summed E-state index contributed by atoms with van der Waals surface area (Å²) in [4.78, 5) is 1.17. The largest absolute Gasteiger partial charge is 0.384 e. The maximum atomic E-state index is 7.10. The summed E-state index contributed by atoms with van der Waals surface area (Å²) in [6.07, 6.45) is -1.22. The van der Waals surface area contributed by atoms with Gasteiger partial charge in [-0.15, -0.1) is 11.8 Å². The monoisotopic (exact) mass is 626 g/mol. The van der Waals surface area contributed by atoms with Gasteiger partial charge in [-0.3, -0.25) is 0 Å². The van der Waals surface area contributed by atoms with Crippen LogP contribution >= 0.6 is 11.8 Å². The number of aryl methyl sites for hydroxylation is 1. The van der Waals surface area contributed by atoms with E-state index in [0.29, 0.717) is 33.0 Å². The van der Waals surface area contributed by atoms with Crippen LogP contribution in [0.3, 0.4) is 0 Å². The van der Waals surface area contributed by atoms with Crippen LogP contribution in [-0.4, -0.2) is 50.0 Å². The number of thioether (sulfide) groups is 1. The second-order valence-corrected chi connectivity index (χ2v) is 13.7. The maximum absolute atomic E-state index is 7.10. The molecule has 1 saturated heterocycles. The first-order valence-corrected chi connectivity index (χ1v) is 16.6. The van der Waals surface area contributed by atoms with Gasteiger partial charge in [-0.25, -0.2) is 0 Å². The summed E-state index contributed by atoms with van der Waals surface area (Å²) in [7, 11) is 1.75. The van der Waals surface area contributed by atoms with Crippen molar-refractivity contribution in [2.24, 2.45) is 5.41 Å². The zero-order valence-corrected chi connectivity index (χ0v) is 27.7.